The first-order chi connectivity index (χ1) is 13.3. The van der Waals surface area contributed by atoms with Crippen molar-refractivity contribution in [3.63, 3.8) is 0 Å². The Labute approximate surface area is 167 Å². The largest absolute Gasteiger partial charge is 0.369 e. The van der Waals surface area contributed by atoms with Crippen LogP contribution < -0.4 is 10.2 Å². The van der Waals surface area contributed by atoms with Gasteiger partial charge in [0.15, 0.2) is 0 Å². The second-order valence-electron chi connectivity index (χ2n) is 8.39. The number of piperazine rings is 1. The highest BCUT2D eigenvalue weighted by molar-refractivity contribution is 5.94. The summed E-state index contributed by atoms with van der Waals surface area (Å²) in [6.07, 6.45) is 0. The Morgan fingerprint density at radius 2 is 1.57 bits per heavy atom. The number of rotatable bonds is 5. The second-order valence-corrected chi connectivity index (χ2v) is 8.39. The van der Waals surface area contributed by atoms with Gasteiger partial charge in [0.1, 0.15) is 5.82 Å². The molecular formula is C23H30FN3O. The van der Waals surface area contributed by atoms with Crippen LogP contribution in [0.15, 0.2) is 48.5 Å². The van der Waals surface area contributed by atoms with Gasteiger partial charge in [0.05, 0.1) is 0 Å². The van der Waals surface area contributed by atoms with Gasteiger partial charge in [0.2, 0.25) is 0 Å². The van der Waals surface area contributed by atoms with Crippen LogP contribution in [0.3, 0.4) is 0 Å². The number of carbonyl (C=O) groups excluding carboxylic acids is 1. The van der Waals surface area contributed by atoms with Crippen molar-refractivity contribution < 1.29 is 9.18 Å². The van der Waals surface area contributed by atoms with Crippen molar-refractivity contribution >= 4 is 11.6 Å². The molecule has 4 nitrogen and oxygen atoms in total. The molecule has 1 aliphatic rings. The highest BCUT2D eigenvalue weighted by Crippen LogP contribution is 2.22. The van der Waals surface area contributed by atoms with Gasteiger partial charge in [-0.3, -0.25) is 9.69 Å². The van der Waals surface area contributed by atoms with Crippen molar-refractivity contribution in [3.05, 3.63) is 65.5 Å². The van der Waals surface area contributed by atoms with Crippen molar-refractivity contribution in [2.75, 3.05) is 44.2 Å². The number of amides is 1. The summed E-state index contributed by atoms with van der Waals surface area (Å²) < 4.78 is 13.1. The van der Waals surface area contributed by atoms with Crippen LogP contribution in [0.4, 0.5) is 10.1 Å². The number of hydrogen-bond acceptors (Lipinski definition) is 3. The average Bonchev–Trinajstić information content (AvgIpc) is 2.68. The van der Waals surface area contributed by atoms with Crippen LogP contribution in [0.2, 0.25) is 0 Å². The van der Waals surface area contributed by atoms with Crippen LogP contribution in [-0.4, -0.2) is 50.1 Å². The third-order valence-electron chi connectivity index (χ3n) is 5.29. The highest BCUT2D eigenvalue weighted by atomic mass is 19.1. The molecule has 1 heterocycles. The van der Waals surface area contributed by atoms with Gasteiger partial charge in [0, 0.05) is 50.5 Å². The predicted molar refractivity (Wildman–Crippen MR) is 113 cm³/mol. The summed E-state index contributed by atoms with van der Waals surface area (Å²) in [5.41, 5.74) is 3.08. The maximum absolute atomic E-state index is 13.1. The monoisotopic (exact) mass is 383 g/mol. The Morgan fingerprint density at radius 3 is 2.14 bits per heavy atom. The molecule has 0 bridgehead atoms. The summed E-state index contributed by atoms with van der Waals surface area (Å²) >= 11 is 0. The molecule has 1 saturated heterocycles. The number of carbonyl (C=O) groups is 1. The third-order valence-corrected chi connectivity index (χ3v) is 5.29. The van der Waals surface area contributed by atoms with Crippen molar-refractivity contribution in [3.8, 4) is 0 Å². The van der Waals surface area contributed by atoms with Crippen molar-refractivity contribution in [2.45, 2.75) is 26.2 Å². The van der Waals surface area contributed by atoms with Gasteiger partial charge in [0.25, 0.3) is 5.91 Å². The molecule has 0 unspecified atom stereocenters. The van der Waals surface area contributed by atoms with E-state index >= 15 is 0 Å². The number of halogens is 1. The van der Waals surface area contributed by atoms with E-state index in [1.807, 2.05) is 36.4 Å². The Hall–Kier alpha value is -2.40. The first-order valence-electron chi connectivity index (χ1n) is 9.94. The normalized spacial score (nSPS) is 15.5. The molecule has 0 aliphatic carbocycles. The minimum atomic E-state index is -0.203. The van der Waals surface area contributed by atoms with Gasteiger partial charge in [-0.15, -0.1) is 0 Å². The zero-order valence-corrected chi connectivity index (χ0v) is 17.0. The SMILES string of the molecule is CC(C)(C)c1ccc(C(=O)NCCN2CCN(c3ccc(F)cc3)CC2)cc1. The van der Waals surface area contributed by atoms with E-state index in [1.54, 1.807) is 0 Å². The smallest absolute Gasteiger partial charge is 0.251 e. The topological polar surface area (TPSA) is 35.6 Å². The Kier molecular flexibility index (Phi) is 6.35. The van der Waals surface area contributed by atoms with Gasteiger partial charge >= 0.3 is 0 Å². The highest BCUT2D eigenvalue weighted by Gasteiger charge is 2.18. The number of nitrogens with one attached hydrogen (secondary N) is 1. The summed E-state index contributed by atoms with van der Waals surface area (Å²) in [5.74, 6) is -0.225. The molecule has 3 rings (SSSR count). The zero-order chi connectivity index (χ0) is 20.1. The lowest BCUT2D eigenvalue weighted by molar-refractivity contribution is 0.0947. The van der Waals surface area contributed by atoms with Crippen LogP contribution in [-0.2, 0) is 5.41 Å². The summed E-state index contributed by atoms with van der Waals surface area (Å²) in [7, 11) is 0. The molecule has 1 fully saturated rings. The lowest BCUT2D eigenvalue weighted by atomic mass is 9.87. The first-order valence-corrected chi connectivity index (χ1v) is 9.94. The molecule has 0 aromatic heterocycles. The van der Waals surface area contributed by atoms with Gasteiger partial charge in [-0.25, -0.2) is 4.39 Å². The average molecular weight is 384 g/mol. The molecule has 0 spiro atoms. The number of anilines is 1. The van der Waals surface area contributed by atoms with E-state index < -0.39 is 0 Å². The molecule has 1 N–H and O–H groups in total. The molecule has 0 radical (unpaired) electrons. The van der Waals surface area contributed by atoms with E-state index in [4.69, 9.17) is 0 Å². The third kappa shape index (κ3) is 5.32. The fraction of sp³-hybridized carbons (Fsp3) is 0.435. The van der Waals surface area contributed by atoms with E-state index in [0.717, 1.165) is 38.4 Å². The molecule has 5 heteroatoms. The molecular weight excluding hydrogens is 353 g/mol. The van der Waals surface area contributed by atoms with Crippen LogP contribution >= 0.6 is 0 Å². The zero-order valence-electron chi connectivity index (χ0n) is 17.0. The quantitative estimate of drug-likeness (QED) is 0.856. The van der Waals surface area contributed by atoms with Crippen LogP contribution in [0.5, 0.6) is 0 Å². The van der Waals surface area contributed by atoms with E-state index in [-0.39, 0.29) is 17.1 Å². The molecule has 0 atom stereocenters. The standard InChI is InChI=1S/C23H30FN3O/c1-23(2,3)19-6-4-18(5-7-19)22(28)25-12-13-26-14-16-27(17-15-26)21-10-8-20(24)9-11-21/h4-11H,12-17H2,1-3H3,(H,25,28). The maximum Gasteiger partial charge on any atom is 0.251 e. The van der Waals surface area contributed by atoms with Crippen LogP contribution in [0.25, 0.3) is 0 Å². The molecule has 0 saturated carbocycles. The summed E-state index contributed by atoms with van der Waals surface area (Å²) in [6, 6.07) is 14.5. The van der Waals surface area contributed by atoms with Gasteiger partial charge in [-0.05, 0) is 47.4 Å². The Balaban J connectivity index is 1.41. The van der Waals surface area contributed by atoms with Crippen molar-refractivity contribution in [1.29, 1.82) is 0 Å². The fourth-order valence-corrected chi connectivity index (χ4v) is 3.43. The molecule has 1 amide bonds. The second kappa shape index (κ2) is 8.74. The number of nitrogens with zero attached hydrogens (tertiary/aromatic N) is 2. The van der Waals surface area contributed by atoms with Gasteiger partial charge in [-0.1, -0.05) is 32.9 Å². The van der Waals surface area contributed by atoms with Crippen molar-refractivity contribution in [2.24, 2.45) is 0 Å². The molecule has 2 aromatic rings. The van der Waals surface area contributed by atoms with E-state index in [2.05, 4.69) is 35.9 Å². The van der Waals surface area contributed by atoms with E-state index in [0.29, 0.717) is 12.1 Å². The minimum Gasteiger partial charge on any atom is -0.369 e. The van der Waals surface area contributed by atoms with Gasteiger partial charge < -0.3 is 10.2 Å². The Morgan fingerprint density at radius 1 is 0.964 bits per heavy atom. The van der Waals surface area contributed by atoms with E-state index in [9.17, 15) is 9.18 Å². The molecule has 28 heavy (non-hydrogen) atoms. The lowest BCUT2D eigenvalue weighted by Gasteiger charge is -2.36. The number of benzene rings is 2. The Bertz CT molecular complexity index is 773. The molecule has 1 aliphatic heterocycles. The molecule has 2 aromatic carbocycles. The van der Waals surface area contributed by atoms with Crippen LogP contribution in [0.1, 0.15) is 36.7 Å². The van der Waals surface area contributed by atoms with Crippen LogP contribution in [0, 0.1) is 5.82 Å². The van der Waals surface area contributed by atoms with E-state index in [1.165, 1.54) is 17.7 Å². The maximum atomic E-state index is 13.1. The lowest BCUT2D eigenvalue weighted by Crippen LogP contribution is -2.48. The summed E-state index contributed by atoms with van der Waals surface area (Å²) in [5, 5.41) is 3.02. The van der Waals surface area contributed by atoms with Crippen molar-refractivity contribution in [1.82, 2.24) is 10.2 Å². The minimum absolute atomic E-state index is 0.0228. The molecule has 150 valence electrons. The summed E-state index contributed by atoms with van der Waals surface area (Å²) in [6.45, 7) is 11.7. The summed E-state index contributed by atoms with van der Waals surface area (Å²) in [4.78, 5) is 17.0. The predicted octanol–water partition coefficient (Wildman–Crippen LogP) is 3.68. The fourth-order valence-electron chi connectivity index (χ4n) is 3.43. The first kappa shape index (κ1) is 20.3. The van der Waals surface area contributed by atoms with Gasteiger partial charge in [-0.2, -0.15) is 0 Å². The number of hydrogen-bond donors (Lipinski definition) is 1.